The van der Waals surface area contributed by atoms with Gasteiger partial charge in [0.25, 0.3) is 0 Å². The first kappa shape index (κ1) is 39.4. The average molecular weight is 1000 g/mol. The van der Waals surface area contributed by atoms with Gasteiger partial charge in [0.2, 0.25) is 0 Å². The SMILES string of the molecule is [SeH]c1c(-c2ccccc2)cccc1N(c1ccccc1)c1ccc2cc3c(cc2c1)oc1ccc2oc4cc5cc(N(c6ccccc6)c6cccc7c6[se]c6ccccc67)ccc5cc4c2c13. The van der Waals surface area contributed by atoms with Gasteiger partial charge >= 0.3 is 408 Å². The molecule has 0 radical (unpaired) electrons. The molecule has 6 heteroatoms. The second-order valence-corrected chi connectivity index (χ2v) is 20.6. The first-order valence-corrected chi connectivity index (χ1v) is 25.4. The Labute approximate surface area is 405 Å². The zero-order chi connectivity index (χ0) is 44.9. The zero-order valence-corrected chi connectivity index (χ0v) is 40.0. The Morgan fingerprint density at radius 1 is 0.353 bits per heavy atom. The van der Waals surface area contributed by atoms with E-state index in [1.54, 1.807) is 0 Å². The molecule has 68 heavy (non-hydrogen) atoms. The molecule has 3 aromatic heterocycles. The first-order valence-electron chi connectivity index (χ1n) is 22.8. The molecular weight excluding hydrogens is 963 g/mol. The number of para-hydroxylation sites is 2. The van der Waals surface area contributed by atoms with Crippen LogP contribution in [0.1, 0.15) is 0 Å². The Kier molecular flexibility index (Phi) is 9.05. The molecule has 0 aliphatic carbocycles. The van der Waals surface area contributed by atoms with Crippen LogP contribution in [0.15, 0.2) is 233 Å². The second-order valence-electron chi connectivity index (χ2n) is 17.4. The summed E-state index contributed by atoms with van der Waals surface area (Å²) in [6, 6.07) is 80.8. The summed E-state index contributed by atoms with van der Waals surface area (Å²) in [7, 11) is 0. The summed E-state index contributed by atoms with van der Waals surface area (Å²) >= 11 is 3.03. The van der Waals surface area contributed by atoms with Crippen LogP contribution in [-0.4, -0.2) is 30.5 Å². The van der Waals surface area contributed by atoms with Gasteiger partial charge in [0.15, 0.2) is 0 Å². The molecule has 0 unspecified atom stereocenters. The molecule has 3 heterocycles. The number of furan rings is 2. The van der Waals surface area contributed by atoms with E-state index < -0.39 is 0 Å². The van der Waals surface area contributed by atoms with Crippen molar-refractivity contribution in [1.82, 2.24) is 0 Å². The third-order valence-corrected chi connectivity index (χ3v) is 17.0. The summed E-state index contributed by atoms with van der Waals surface area (Å²) in [4.78, 5) is 4.77. The Balaban J connectivity index is 0.893. The van der Waals surface area contributed by atoms with Crippen LogP contribution in [0.3, 0.4) is 0 Å². The summed E-state index contributed by atoms with van der Waals surface area (Å²) in [5.41, 5.74) is 12.5. The number of benzene rings is 11. The van der Waals surface area contributed by atoms with Crippen LogP contribution in [0.4, 0.5) is 34.1 Å². The molecule has 0 saturated heterocycles. The minimum absolute atomic E-state index is 0.197. The molecule has 0 aliphatic rings. The normalized spacial score (nSPS) is 11.9. The van der Waals surface area contributed by atoms with Crippen molar-refractivity contribution in [3.8, 4) is 11.1 Å². The van der Waals surface area contributed by atoms with E-state index in [0.717, 1.165) is 98.3 Å². The van der Waals surface area contributed by atoms with E-state index in [2.05, 4.69) is 250 Å². The van der Waals surface area contributed by atoms with Crippen LogP contribution >= 0.6 is 0 Å². The fourth-order valence-electron chi connectivity index (χ4n) is 10.4. The maximum atomic E-state index is 6.75. The first-order chi connectivity index (χ1) is 33.6. The van der Waals surface area contributed by atoms with Crippen LogP contribution in [-0.2, 0) is 0 Å². The Bertz CT molecular complexity index is 4290. The average Bonchev–Trinajstić information content (AvgIpc) is 4.07. The van der Waals surface area contributed by atoms with Crippen LogP contribution in [0.5, 0.6) is 0 Å². The van der Waals surface area contributed by atoms with Gasteiger partial charge in [-0.05, 0) is 0 Å². The zero-order valence-electron chi connectivity index (χ0n) is 36.4. The van der Waals surface area contributed by atoms with E-state index in [9.17, 15) is 0 Å². The van der Waals surface area contributed by atoms with E-state index in [1.807, 2.05) is 0 Å². The van der Waals surface area contributed by atoms with Gasteiger partial charge in [0.1, 0.15) is 0 Å². The number of hydrogen-bond acceptors (Lipinski definition) is 4. The molecule has 4 nitrogen and oxygen atoms in total. The predicted molar refractivity (Wildman–Crippen MR) is 290 cm³/mol. The molecule has 0 N–H and O–H groups in total. The molecule has 0 bridgehead atoms. The summed E-state index contributed by atoms with van der Waals surface area (Å²) in [5, 5.41) is 11.5. The maximum absolute atomic E-state index is 6.75. The van der Waals surface area contributed by atoms with Gasteiger partial charge in [0, 0.05) is 0 Å². The summed E-state index contributed by atoms with van der Waals surface area (Å²) in [5.74, 6) is 0. The van der Waals surface area contributed by atoms with Crippen LogP contribution in [0.25, 0.3) is 95.8 Å². The van der Waals surface area contributed by atoms with E-state index in [0.29, 0.717) is 0 Å². The van der Waals surface area contributed by atoms with Crippen molar-refractivity contribution in [3.63, 3.8) is 0 Å². The van der Waals surface area contributed by atoms with Gasteiger partial charge in [0.05, 0.1) is 0 Å². The van der Waals surface area contributed by atoms with Gasteiger partial charge in [-0.25, -0.2) is 0 Å². The van der Waals surface area contributed by atoms with Crippen LogP contribution in [0, 0.1) is 0 Å². The van der Waals surface area contributed by atoms with Crippen molar-refractivity contribution in [3.05, 3.63) is 224 Å². The molecule has 0 amide bonds. The second kappa shape index (κ2) is 15.6. The number of fused-ring (bicyclic) bond motifs is 12. The van der Waals surface area contributed by atoms with E-state index in [-0.39, 0.29) is 14.5 Å². The molecule has 0 atom stereocenters. The van der Waals surface area contributed by atoms with Crippen LogP contribution in [0.2, 0.25) is 0 Å². The van der Waals surface area contributed by atoms with Gasteiger partial charge in [-0.3, -0.25) is 0 Å². The van der Waals surface area contributed by atoms with Crippen molar-refractivity contribution in [2.24, 2.45) is 0 Å². The predicted octanol–water partition coefficient (Wildman–Crippen LogP) is 16.3. The molecule has 320 valence electrons. The number of nitrogens with zero attached hydrogens (tertiary/aromatic N) is 2. The van der Waals surface area contributed by atoms with Crippen molar-refractivity contribution in [2.45, 2.75) is 0 Å². The monoisotopic (exact) mass is 1000 g/mol. The van der Waals surface area contributed by atoms with Crippen LogP contribution < -0.4 is 14.3 Å². The summed E-state index contributed by atoms with van der Waals surface area (Å²) < 4.78 is 17.5. The van der Waals surface area contributed by atoms with E-state index >= 15 is 0 Å². The Hall–Kier alpha value is -7.82. The molecule has 0 spiro atoms. The topological polar surface area (TPSA) is 32.8 Å². The van der Waals surface area contributed by atoms with Crippen molar-refractivity contribution in [2.75, 3.05) is 9.80 Å². The standard InChI is InChI=1S/C62H38N2O2Se2/c67-61-47(38-14-4-1-5-15-38)21-12-23-52(61)63(43-16-6-2-7-17-43)45-28-26-39-34-50-56(36-41(39)32-45)65-54-30-31-55-60(59(50)54)51-35-40-27-29-46(33-42(40)37-57(51)66-55)64(44-18-8-3-9-19-44)53-24-13-22-49-48-20-10-11-25-58(48)68-62(49)53/h1-37,67H. The molecule has 0 saturated carbocycles. The number of rotatable bonds is 7. The van der Waals surface area contributed by atoms with Gasteiger partial charge in [-0.15, -0.1) is 0 Å². The molecule has 14 rings (SSSR count). The molecule has 11 aromatic carbocycles. The fourth-order valence-corrected chi connectivity index (χ4v) is 13.7. The van der Waals surface area contributed by atoms with E-state index in [1.165, 1.54) is 36.1 Å². The molecule has 14 aromatic rings. The number of hydrogen-bond donors (Lipinski definition) is 0. The quantitative estimate of drug-likeness (QED) is 0.149. The Morgan fingerprint density at radius 3 is 1.49 bits per heavy atom. The van der Waals surface area contributed by atoms with Gasteiger partial charge in [-0.2, -0.15) is 0 Å². The molecule has 0 fully saturated rings. The van der Waals surface area contributed by atoms with Gasteiger partial charge < -0.3 is 0 Å². The van der Waals surface area contributed by atoms with Crippen molar-refractivity contribution in [1.29, 1.82) is 0 Å². The minimum atomic E-state index is 0.197. The third kappa shape index (κ3) is 6.27. The molecule has 0 aliphatic heterocycles. The summed E-state index contributed by atoms with van der Waals surface area (Å²) in [6.07, 6.45) is 0. The number of anilines is 6. The van der Waals surface area contributed by atoms with Crippen molar-refractivity contribution >= 4 is 154 Å². The van der Waals surface area contributed by atoms with Crippen molar-refractivity contribution < 1.29 is 8.83 Å². The molecular formula is C62H38N2O2Se2. The van der Waals surface area contributed by atoms with E-state index in [4.69, 9.17) is 8.83 Å². The summed E-state index contributed by atoms with van der Waals surface area (Å²) in [6.45, 7) is 0. The Morgan fingerprint density at radius 2 is 0.868 bits per heavy atom. The third-order valence-electron chi connectivity index (χ3n) is 13.5. The fraction of sp³-hybridized carbons (Fsp3) is 0. The van der Waals surface area contributed by atoms with Gasteiger partial charge in [-0.1, -0.05) is 0 Å².